The van der Waals surface area contributed by atoms with Gasteiger partial charge in [0.1, 0.15) is 6.10 Å². The summed E-state index contributed by atoms with van der Waals surface area (Å²) in [6, 6.07) is 0. The van der Waals surface area contributed by atoms with E-state index in [0.717, 1.165) is 6.92 Å². The molecule has 0 heterocycles. The zero-order valence-electron chi connectivity index (χ0n) is 9.92. The van der Waals surface area contributed by atoms with E-state index in [4.69, 9.17) is 14.8 Å². The summed E-state index contributed by atoms with van der Waals surface area (Å²) in [6.07, 6.45) is -1.34. The van der Waals surface area contributed by atoms with Crippen molar-refractivity contribution in [3.8, 4) is 0 Å². The van der Waals surface area contributed by atoms with E-state index in [1.807, 2.05) is 0 Å². The second-order valence-electron chi connectivity index (χ2n) is 3.95. The van der Waals surface area contributed by atoms with Crippen LogP contribution >= 0.6 is 0 Å². The van der Waals surface area contributed by atoms with Gasteiger partial charge in [0.25, 0.3) is 10.1 Å². The van der Waals surface area contributed by atoms with E-state index < -0.39 is 57.7 Å². The Balaban J connectivity index is 5.35. The second-order valence-corrected chi connectivity index (χ2v) is 6.01. The van der Waals surface area contributed by atoms with Crippen molar-refractivity contribution in [3.63, 3.8) is 0 Å². The minimum Gasteiger partial charge on any atom is -0.750 e. The molecule has 0 rings (SSSR count). The first-order valence-electron chi connectivity index (χ1n) is 4.88. The van der Waals surface area contributed by atoms with Crippen molar-refractivity contribution in [2.75, 3.05) is 19.8 Å². The molecule has 19 heavy (non-hydrogen) atoms. The smallest absolute Gasteiger partial charge is 0.293 e. The fourth-order valence-electron chi connectivity index (χ4n) is 1.19. The Hall–Kier alpha value is -0.400. The molecule has 0 bridgehead atoms. The quantitative estimate of drug-likeness (QED) is 0.290. The lowest BCUT2D eigenvalue weighted by molar-refractivity contribution is -0.0112. The number of hydrogen-bond donors (Lipinski definition) is 4. The molecule has 0 aliphatic carbocycles. The first-order chi connectivity index (χ1) is 8.58. The highest BCUT2D eigenvalue weighted by Gasteiger charge is 2.39. The predicted octanol–water partition coefficient (Wildman–Crippen LogP) is -2.08. The highest BCUT2D eigenvalue weighted by molar-refractivity contribution is 7.89. The van der Waals surface area contributed by atoms with Crippen LogP contribution in [0.25, 0.3) is 0 Å². The van der Waals surface area contributed by atoms with Crippen LogP contribution in [-0.2, 0) is 25.7 Å². The summed E-state index contributed by atoms with van der Waals surface area (Å²) in [7, 11) is -4.83. The summed E-state index contributed by atoms with van der Waals surface area (Å²) in [5.74, 6) is 0. The largest absolute Gasteiger partial charge is 0.750 e. The van der Waals surface area contributed by atoms with Crippen LogP contribution in [0.3, 0.4) is 0 Å². The molecule has 0 aromatic heterocycles. The third kappa shape index (κ3) is 5.62. The summed E-state index contributed by atoms with van der Waals surface area (Å²) in [6.45, 7) is -1.20. The molecule has 0 amide bonds. The molecule has 0 fully saturated rings. The number of aliphatic hydroxyl groups excluding tert-OH is 3. The molecular formula is C8H15O9S2-. The van der Waals surface area contributed by atoms with Crippen molar-refractivity contribution < 1.29 is 41.2 Å². The van der Waals surface area contributed by atoms with Gasteiger partial charge in [-0.3, -0.25) is 4.55 Å². The monoisotopic (exact) mass is 319 g/mol. The van der Waals surface area contributed by atoms with Gasteiger partial charge in [-0.25, -0.2) is 4.21 Å². The van der Waals surface area contributed by atoms with Gasteiger partial charge in [0.05, 0.1) is 36.1 Å². The van der Waals surface area contributed by atoms with E-state index in [0.29, 0.717) is 6.08 Å². The van der Waals surface area contributed by atoms with Crippen LogP contribution in [0.5, 0.6) is 0 Å². The molecule has 3 atom stereocenters. The summed E-state index contributed by atoms with van der Waals surface area (Å²) in [4.78, 5) is -0.952. The average molecular weight is 319 g/mol. The van der Waals surface area contributed by atoms with E-state index in [1.165, 1.54) is 0 Å². The fraction of sp³-hybridized carbons (Fsp3) is 0.750. The van der Waals surface area contributed by atoms with Crippen LogP contribution < -0.4 is 0 Å². The van der Waals surface area contributed by atoms with E-state index in [-0.39, 0.29) is 0 Å². The Bertz CT molecular complexity index is 443. The maximum atomic E-state index is 11.0. The average Bonchev–Trinajstić information content (AvgIpc) is 2.30. The van der Waals surface area contributed by atoms with E-state index in [1.54, 1.807) is 0 Å². The Labute approximate surface area is 112 Å². The van der Waals surface area contributed by atoms with Gasteiger partial charge >= 0.3 is 0 Å². The van der Waals surface area contributed by atoms with Crippen LogP contribution in [0.15, 0.2) is 11.0 Å². The molecule has 3 unspecified atom stereocenters. The van der Waals surface area contributed by atoms with Crippen LogP contribution in [-0.4, -0.2) is 63.0 Å². The van der Waals surface area contributed by atoms with Gasteiger partial charge in [0, 0.05) is 5.41 Å². The maximum Gasteiger partial charge on any atom is 0.293 e. The molecule has 0 aliphatic heterocycles. The number of rotatable bonds is 8. The molecule has 0 saturated heterocycles. The first-order valence-corrected chi connectivity index (χ1v) is 7.32. The zero-order chi connectivity index (χ0) is 15.3. The fourth-order valence-corrected chi connectivity index (χ4v) is 2.40. The molecule has 9 nitrogen and oxygen atoms in total. The van der Waals surface area contributed by atoms with Gasteiger partial charge in [0.15, 0.2) is 0 Å². The highest BCUT2D eigenvalue weighted by atomic mass is 32.2. The highest BCUT2D eigenvalue weighted by Crippen LogP contribution is 2.29. The zero-order valence-corrected chi connectivity index (χ0v) is 11.6. The third-order valence-electron chi connectivity index (χ3n) is 2.37. The van der Waals surface area contributed by atoms with Crippen LogP contribution in [0.1, 0.15) is 6.92 Å². The summed E-state index contributed by atoms with van der Waals surface area (Å²) >= 11 is -2.92. The molecule has 0 aromatic rings. The third-order valence-corrected chi connectivity index (χ3v) is 3.66. The normalized spacial score (nSPS) is 19.8. The van der Waals surface area contributed by atoms with Crippen molar-refractivity contribution in [1.82, 2.24) is 0 Å². The van der Waals surface area contributed by atoms with Gasteiger partial charge < -0.3 is 24.1 Å². The Morgan fingerprint density at radius 2 is 2.05 bits per heavy atom. The Kier molecular flexibility index (Phi) is 7.24. The van der Waals surface area contributed by atoms with Gasteiger partial charge in [-0.15, -0.1) is 0 Å². The number of aliphatic hydroxyl groups is 3. The Morgan fingerprint density at radius 3 is 2.37 bits per heavy atom. The van der Waals surface area contributed by atoms with Gasteiger partial charge in [-0.2, -0.15) is 8.42 Å². The first kappa shape index (κ1) is 18.6. The second kappa shape index (κ2) is 7.40. The summed E-state index contributed by atoms with van der Waals surface area (Å²) in [5.41, 5.74) is -1.71. The van der Waals surface area contributed by atoms with Crippen molar-refractivity contribution in [2.45, 2.75) is 13.0 Å². The van der Waals surface area contributed by atoms with E-state index in [2.05, 4.69) is 4.18 Å². The topological polar surface area (TPSA) is 164 Å². The molecule has 0 radical (unpaired) electrons. The number of hydrogen-bond acceptors (Lipinski definition) is 8. The van der Waals surface area contributed by atoms with Crippen molar-refractivity contribution in [2.24, 2.45) is 5.41 Å². The summed E-state index contributed by atoms with van der Waals surface area (Å²) < 4.78 is 55.7. The maximum absolute atomic E-state index is 11.0. The molecule has 0 aromatic carbocycles. The molecule has 4 N–H and O–H groups in total. The lowest BCUT2D eigenvalue weighted by Crippen LogP contribution is -2.43. The van der Waals surface area contributed by atoms with Crippen molar-refractivity contribution in [1.29, 1.82) is 0 Å². The standard InChI is InChI=1S/C8H16O9S2/c1-8(4-10,5-17-18(12)13)7(11)6(2-3-9)19(14,15)16/h2,7,9-11H,3-5H2,1H3,(H,12,13)(H,14,15,16)/p-1. The van der Waals surface area contributed by atoms with E-state index in [9.17, 15) is 22.3 Å². The van der Waals surface area contributed by atoms with E-state index >= 15 is 0 Å². The van der Waals surface area contributed by atoms with Crippen LogP contribution in [0.2, 0.25) is 0 Å². The molecule has 0 spiro atoms. The SMILES string of the molecule is CC(CO)(COS(=O)[O-])C(O)C(=CCO)S(=O)(=O)O. The molecule has 0 aliphatic rings. The molecular weight excluding hydrogens is 304 g/mol. The van der Waals surface area contributed by atoms with Crippen LogP contribution in [0.4, 0.5) is 0 Å². The Morgan fingerprint density at radius 1 is 1.53 bits per heavy atom. The lowest BCUT2D eigenvalue weighted by Gasteiger charge is -2.32. The molecule has 114 valence electrons. The van der Waals surface area contributed by atoms with Gasteiger partial charge in [0.2, 0.25) is 0 Å². The molecule has 0 saturated carbocycles. The molecule has 11 heteroatoms. The minimum absolute atomic E-state index is 0.627. The van der Waals surface area contributed by atoms with Crippen LogP contribution in [0, 0.1) is 5.41 Å². The summed E-state index contributed by atoms with van der Waals surface area (Å²) in [5, 5.41) is 27.6. The van der Waals surface area contributed by atoms with Crippen molar-refractivity contribution >= 4 is 21.5 Å². The van der Waals surface area contributed by atoms with Gasteiger partial charge in [-0.05, 0) is 6.08 Å². The van der Waals surface area contributed by atoms with Gasteiger partial charge in [-0.1, -0.05) is 6.92 Å². The predicted molar refractivity (Wildman–Crippen MR) is 62.8 cm³/mol. The van der Waals surface area contributed by atoms with Crippen molar-refractivity contribution in [3.05, 3.63) is 11.0 Å². The lowest BCUT2D eigenvalue weighted by atomic mass is 9.85. The minimum atomic E-state index is -4.83.